The summed E-state index contributed by atoms with van der Waals surface area (Å²) in [5, 5.41) is 11.0. The van der Waals surface area contributed by atoms with E-state index in [4.69, 9.17) is 0 Å². The van der Waals surface area contributed by atoms with Crippen molar-refractivity contribution in [3.63, 3.8) is 0 Å². The van der Waals surface area contributed by atoms with E-state index in [9.17, 15) is 4.79 Å². The van der Waals surface area contributed by atoms with Gasteiger partial charge in [-0.25, -0.2) is 4.79 Å². The van der Waals surface area contributed by atoms with Gasteiger partial charge in [0.1, 0.15) is 0 Å². The van der Waals surface area contributed by atoms with Crippen molar-refractivity contribution in [2.45, 2.75) is 32.7 Å². The highest BCUT2D eigenvalue weighted by molar-refractivity contribution is 6.00. The highest BCUT2D eigenvalue weighted by atomic mass is 16.2. The van der Waals surface area contributed by atoms with Crippen molar-refractivity contribution >= 4 is 22.6 Å². The molecule has 2 N–H and O–H groups in total. The number of urea groups is 1. The maximum Gasteiger partial charge on any atom is 0.319 e. The molecule has 0 fully saturated rings. The fourth-order valence-corrected chi connectivity index (χ4v) is 2.76. The lowest BCUT2D eigenvalue weighted by Gasteiger charge is -2.19. The Hall–Kier alpha value is -2.82. The number of anilines is 1. The zero-order chi connectivity index (χ0) is 18.0. The van der Waals surface area contributed by atoms with Crippen LogP contribution in [0, 0.1) is 0 Å². The van der Waals surface area contributed by atoms with Crippen LogP contribution in [0.5, 0.6) is 0 Å². The summed E-state index contributed by atoms with van der Waals surface area (Å²) < 4.78 is 1.79. The molecule has 2 amide bonds. The average molecular weight is 336 g/mol. The van der Waals surface area contributed by atoms with E-state index >= 15 is 0 Å². The third kappa shape index (κ3) is 3.82. The van der Waals surface area contributed by atoms with Crippen LogP contribution < -0.4 is 10.6 Å². The summed E-state index contributed by atoms with van der Waals surface area (Å²) in [6, 6.07) is 13.9. The molecule has 25 heavy (non-hydrogen) atoms. The van der Waals surface area contributed by atoms with Crippen molar-refractivity contribution in [3.8, 4) is 0 Å². The first-order chi connectivity index (χ1) is 11.8. The highest BCUT2D eigenvalue weighted by Gasteiger charge is 2.13. The van der Waals surface area contributed by atoms with Gasteiger partial charge in [-0.1, -0.05) is 51.1 Å². The molecule has 2 aromatic carbocycles. The molecule has 1 aromatic heterocycles. The summed E-state index contributed by atoms with van der Waals surface area (Å²) in [6.07, 6.45) is 1.76. The van der Waals surface area contributed by atoms with Crippen molar-refractivity contribution in [2.75, 3.05) is 5.32 Å². The number of aryl methyl sites for hydroxylation is 1. The van der Waals surface area contributed by atoms with E-state index in [1.54, 1.807) is 10.9 Å². The minimum absolute atomic E-state index is 0.131. The molecular formula is C20H24N4O. The van der Waals surface area contributed by atoms with Crippen molar-refractivity contribution < 1.29 is 4.79 Å². The molecule has 0 spiro atoms. The van der Waals surface area contributed by atoms with E-state index in [2.05, 4.69) is 60.8 Å². The third-order valence-electron chi connectivity index (χ3n) is 4.31. The van der Waals surface area contributed by atoms with E-state index in [1.807, 2.05) is 25.2 Å². The number of carbonyl (C=O) groups is 1. The monoisotopic (exact) mass is 336 g/mol. The molecule has 0 unspecified atom stereocenters. The van der Waals surface area contributed by atoms with Crippen molar-refractivity contribution in [1.82, 2.24) is 15.1 Å². The standard InChI is InChI=1S/C20H24N4O/c1-20(2,3)15-10-8-14(9-11-15)12-21-19(25)23-17-6-5-7-18-16(17)13-22-24(18)4/h5-11,13H,12H2,1-4H3,(H2,21,23,25). The summed E-state index contributed by atoms with van der Waals surface area (Å²) in [5.41, 5.74) is 4.22. The van der Waals surface area contributed by atoms with Gasteiger partial charge in [-0.05, 0) is 28.7 Å². The van der Waals surface area contributed by atoms with Gasteiger partial charge in [-0.2, -0.15) is 5.10 Å². The maximum absolute atomic E-state index is 12.2. The van der Waals surface area contributed by atoms with Gasteiger partial charge >= 0.3 is 6.03 Å². The minimum Gasteiger partial charge on any atom is -0.334 e. The zero-order valence-electron chi connectivity index (χ0n) is 15.1. The number of fused-ring (bicyclic) bond motifs is 1. The highest BCUT2D eigenvalue weighted by Crippen LogP contribution is 2.23. The molecule has 0 saturated carbocycles. The average Bonchev–Trinajstić information content (AvgIpc) is 2.95. The first-order valence-electron chi connectivity index (χ1n) is 8.39. The van der Waals surface area contributed by atoms with Crippen LogP contribution in [0.1, 0.15) is 31.9 Å². The second-order valence-electron chi connectivity index (χ2n) is 7.26. The first-order valence-corrected chi connectivity index (χ1v) is 8.39. The first kappa shape index (κ1) is 17.0. The molecule has 0 bridgehead atoms. The number of amides is 2. The van der Waals surface area contributed by atoms with Crippen LogP contribution >= 0.6 is 0 Å². The Morgan fingerprint density at radius 1 is 1.12 bits per heavy atom. The van der Waals surface area contributed by atoms with Gasteiger partial charge in [0.15, 0.2) is 0 Å². The molecule has 0 atom stereocenters. The number of rotatable bonds is 3. The smallest absolute Gasteiger partial charge is 0.319 e. The molecule has 0 aliphatic heterocycles. The summed E-state index contributed by atoms with van der Waals surface area (Å²) in [7, 11) is 1.88. The lowest BCUT2D eigenvalue weighted by atomic mass is 9.87. The number of aromatic nitrogens is 2. The van der Waals surface area contributed by atoms with Crippen LogP contribution in [-0.2, 0) is 19.0 Å². The van der Waals surface area contributed by atoms with Crippen LogP contribution in [0.25, 0.3) is 10.9 Å². The molecule has 0 aliphatic rings. The van der Waals surface area contributed by atoms with Gasteiger partial charge in [0.2, 0.25) is 0 Å². The van der Waals surface area contributed by atoms with Gasteiger partial charge in [0, 0.05) is 19.0 Å². The third-order valence-corrected chi connectivity index (χ3v) is 4.31. The normalized spacial score (nSPS) is 11.5. The Balaban J connectivity index is 1.63. The molecular weight excluding hydrogens is 312 g/mol. The largest absolute Gasteiger partial charge is 0.334 e. The number of hydrogen-bond donors (Lipinski definition) is 2. The van der Waals surface area contributed by atoms with Crippen molar-refractivity contribution in [1.29, 1.82) is 0 Å². The lowest BCUT2D eigenvalue weighted by Crippen LogP contribution is -2.28. The molecule has 5 heteroatoms. The van der Waals surface area contributed by atoms with Crippen molar-refractivity contribution in [2.24, 2.45) is 7.05 Å². The van der Waals surface area contributed by atoms with Gasteiger partial charge in [-0.3, -0.25) is 4.68 Å². The van der Waals surface area contributed by atoms with Gasteiger partial charge in [0.05, 0.1) is 17.4 Å². The quantitative estimate of drug-likeness (QED) is 0.753. The number of hydrogen-bond acceptors (Lipinski definition) is 2. The summed E-state index contributed by atoms with van der Waals surface area (Å²) in [4.78, 5) is 12.2. The molecule has 1 heterocycles. The lowest BCUT2D eigenvalue weighted by molar-refractivity contribution is 0.252. The molecule has 0 saturated heterocycles. The van der Waals surface area contributed by atoms with E-state index in [1.165, 1.54) is 5.56 Å². The van der Waals surface area contributed by atoms with Crippen LogP contribution in [0.4, 0.5) is 10.5 Å². The van der Waals surface area contributed by atoms with Crippen LogP contribution in [-0.4, -0.2) is 15.8 Å². The predicted molar refractivity (Wildman–Crippen MR) is 102 cm³/mol. The zero-order valence-corrected chi connectivity index (χ0v) is 15.1. The summed E-state index contributed by atoms with van der Waals surface area (Å²) in [6.45, 7) is 7.05. The van der Waals surface area contributed by atoms with Crippen LogP contribution in [0.3, 0.4) is 0 Å². The molecule has 5 nitrogen and oxygen atoms in total. The Morgan fingerprint density at radius 3 is 2.52 bits per heavy atom. The van der Waals surface area contributed by atoms with Crippen LogP contribution in [0.2, 0.25) is 0 Å². The molecule has 3 aromatic rings. The second-order valence-corrected chi connectivity index (χ2v) is 7.26. The fraction of sp³-hybridized carbons (Fsp3) is 0.300. The summed E-state index contributed by atoms with van der Waals surface area (Å²) in [5.74, 6) is 0. The Kier molecular flexibility index (Phi) is 4.49. The number of nitrogens with zero attached hydrogens (tertiary/aromatic N) is 2. The number of carbonyl (C=O) groups excluding carboxylic acids is 1. The van der Waals surface area contributed by atoms with Crippen LogP contribution in [0.15, 0.2) is 48.7 Å². The van der Waals surface area contributed by atoms with E-state index in [0.29, 0.717) is 6.54 Å². The number of nitrogens with one attached hydrogen (secondary N) is 2. The predicted octanol–water partition coefficient (Wildman–Crippen LogP) is 4.19. The molecule has 0 aliphatic carbocycles. The van der Waals surface area contributed by atoms with E-state index in [-0.39, 0.29) is 11.4 Å². The second kappa shape index (κ2) is 6.59. The number of benzene rings is 2. The Labute approximate surface area is 148 Å². The summed E-state index contributed by atoms with van der Waals surface area (Å²) >= 11 is 0. The maximum atomic E-state index is 12.2. The minimum atomic E-state index is -0.226. The Bertz CT molecular complexity index is 888. The molecule has 130 valence electrons. The fourth-order valence-electron chi connectivity index (χ4n) is 2.76. The SMILES string of the molecule is Cn1ncc2c(NC(=O)NCc3ccc(C(C)(C)C)cc3)cccc21. The van der Waals surface area contributed by atoms with Crippen molar-refractivity contribution in [3.05, 3.63) is 59.8 Å². The molecule has 3 rings (SSSR count). The van der Waals surface area contributed by atoms with Gasteiger partial charge < -0.3 is 10.6 Å². The van der Waals surface area contributed by atoms with Gasteiger partial charge in [0.25, 0.3) is 0 Å². The van der Waals surface area contributed by atoms with Gasteiger partial charge in [-0.15, -0.1) is 0 Å². The molecule has 0 radical (unpaired) electrons. The van der Waals surface area contributed by atoms with E-state index in [0.717, 1.165) is 22.2 Å². The topological polar surface area (TPSA) is 59.0 Å². The van der Waals surface area contributed by atoms with E-state index < -0.39 is 0 Å². The Morgan fingerprint density at radius 2 is 1.84 bits per heavy atom.